The van der Waals surface area contributed by atoms with E-state index in [1.165, 1.54) is 10.5 Å². The molecule has 0 bridgehead atoms. The van der Waals surface area contributed by atoms with Crippen LogP contribution in [0.2, 0.25) is 0 Å². The molecule has 25 heavy (non-hydrogen) atoms. The zero-order valence-corrected chi connectivity index (χ0v) is 16.7. The summed E-state index contributed by atoms with van der Waals surface area (Å²) in [6, 6.07) is 3.50. The topological polar surface area (TPSA) is 71.5 Å². The molecule has 1 aromatic rings. The Bertz CT molecular complexity index is 636. The quantitative estimate of drug-likeness (QED) is 0.799. The lowest BCUT2D eigenvalue weighted by Gasteiger charge is -2.30. The molecule has 0 saturated heterocycles. The second-order valence-electron chi connectivity index (χ2n) is 7.27. The number of methoxy groups -OCH3 is 1. The summed E-state index contributed by atoms with van der Waals surface area (Å²) >= 11 is 0. The lowest BCUT2D eigenvalue weighted by atomic mass is 9.93. The highest BCUT2D eigenvalue weighted by atomic mass is 32.2. The highest BCUT2D eigenvalue weighted by Crippen LogP contribution is 2.25. The maximum absolute atomic E-state index is 12.8. The first-order valence-corrected chi connectivity index (χ1v) is 10.5. The van der Waals surface area contributed by atoms with Crippen molar-refractivity contribution in [2.75, 3.05) is 12.4 Å². The van der Waals surface area contributed by atoms with Crippen LogP contribution in [0.4, 0.5) is 5.82 Å². The molecular weight excluding hydrogens is 338 g/mol. The van der Waals surface area contributed by atoms with Crippen molar-refractivity contribution in [3.8, 4) is 0 Å². The molecular formula is C18H31N3O3S. The Labute approximate surface area is 152 Å². The van der Waals surface area contributed by atoms with Gasteiger partial charge in [0.2, 0.25) is 10.0 Å². The molecule has 1 heterocycles. The van der Waals surface area contributed by atoms with E-state index >= 15 is 0 Å². The fraction of sp³-hybridized carbons (Fsp3) is 0.722. The number of nitrogens with one attached hydrogen (secondary N) is 1. The highest BCUT2D eigenvalue weighted by molar-refractivity contribution is 7.89. The van der Waals surface area contributed by atoms with Crippen LogP contribution in [0.25, 0.3) is 0 Å². The van der Waals surface area contributed by atoms with E-state index in [1.54, 1.807) is 19.2 Å². The van der Waals surface area contributed by atoms with Crippen molar-refractivity contribution in [3.63, 3.8) is 0 Å². The van der Waals surface area contributed by atoms with Crippen LogP contribution in [0.1, 0.15) is 53.4 Å². The fourth-order valence-corrected chi connectivity index (χ4v) is 5.37. The molecule has 1 aliphatic rings. The van der Waals surface area contributed by atoms with Crippen molar-refractivity contribution in [1.82, 2.24) is 9.29 Å². The first-order chi connectivity index (χ1) is 11.8. The molecule has 2 atom stereocenters. The summed E-state index contributed by atoms with van der Waals surface area (Å²) in [7, 11) is -1.79. The Morgan fingerprint density at radius 2 is 1.88 bits per heavy atom. The summed E-state index contributed by atoms with van der Waals surface area (Å²) < 4.78 is 32.7. The molecule has 0 aromatic carbocycles. The van der Waals surface area contributed by atoms with E-state index in [-0.39, 0.29) is 23.1 Å². The summed E-state index contributed by atoms with van der Waals surface area (Å²) in [5.74, 6) is 0.710. The van der Waals surface area contributed by atoms with Crippen molar-refractivity contribution in [1.29, 1.82) is 0 Å². The third-order valence-electron chi connectivity index (χ3n) is 4.64. The van der Waals surface area contributed by atoms with Crippen LogP contribution < -0.4 is 5.32 Å². The van der Waals surface area contributed by atoms with Gasteiger partial charge in [0.15, 0.2) is 0 Å². The Balaban J connectivity index is 2.11. The molecule has 0 spiro atoms. The minimum absolute atomic E-state index is 0.101. The molecule has 0 radical (unpaired) electrons. The monoisotopic (exact) mass is 369 g/mol. The van der Waals surface area contributed by atoms with Gasteiger partial charge in [-0.05, 0) is 65.5 Å². The van der Waals surface area contributed by atoms with Crippen molar-refractivity contribution >= 4 is 15.8 Å². The Morgan fingerprint density at radius 3 is 2.40 bits per heavy atom. The van der Waals surface area contributed by atoms with Crippen LogP contribution in [0, 0.1) is 0 Å². The van der Waals surface area contributed by atoms with Gasteiger partial charge in [-0.3, -0.25) is 0 Å². The molecule has 1 fully saturated rings. The van der Waals surface area contributed by atoms with Gasteiger partial charge in [0.1, 0.15) is 10.7 Å². The summed E-state index contributed by atoms with van der Waals surface area (Å²) in [4.78, 5) is 4.57. The van der Waals surface area contributed by atoms with E-state index < -0.39 is 10.0 Å². The van der Waals surface area contributed by atoms with Crippen LogP contribution in [0.5, 0.6) is 0 Å². The van der Waals surface area contributed by atoms with E-state index in [1.807, 2.05) is 27.7 Å². The third-order valence-corrected chi connectivity index (χ3v) is 6.88. The minimum Gasteiger partial charge on any atom is -0.381 e. The number of hydrogen-bond acceptors (Lipinski definition) is 5. The van der Waals surface area contributed by atoms with Gasteiger partial charge in [0.05, 0.1) is 6.10 Å². The summed E-state index contributed by atoms with van der Waals surface area (Å²) in [6.07, 6.45) is 5.99. The molecule has 6 nitrogen and oxygen atoms in total. The van der Waals surface area contributed by atoms with E-state index in [0.717, 1.165) is 25.7 Å². The van der Waals surface area contributed by atoms with Gasteiger partial charge in [-0.2, -0.15) is 4.31 Å². The Morgan fingerprint density at radius 1 is 1.20 bits per heavy atom. The van der Waals surface area contributed by atoms with Crippen LogP contribution >= 0.6 is 0 Å². The summed E-state index contributed by atoms with van der Waals surface area (Å²) in [6.45, 7) is 7.54. The zero-order chi connectivity index (χ0) is 18.6. The van der Waals surface area contributed by atoms with Gasteiger partial charge >= 0.3 is 0 Å². The number of hydrogen-bond donors (Lipinski definition) is 1. The van der Waals surface area contributed by atoms with Crippen LogP contribution in [0.3, 0.4) is 0 Å². The standard InChI is InChI=1S/C18H31N3O3S/c1-13(2)21(14(3)4)25(22,23)17-9-10-18(19-12-17)20-15-7-6-8-16(11-15)24-5/h9-10,12-16H,6-8,11H2,1-5H3,(H,19,20). The van der Waals surface area contributed by atoms with E-state index in [0.29, 0.717) is 11.9 Å². The van der Waals surface area contributed by atoms with Crippen LogP contribution in [-0.4, -0.2) is 49.0 Å². The normalized spacial score (nSPS) is 21.9. The lowest BCUT2D eigenvalue weighted by Crippen LogP contribution is -2.41. The van der Waals surface area contributed by atoms with Gasteiger partial charge < -0.3 is 10.1 Å². The number of ether oxygens (including phenoxy) is 1. The second kappa shape index (κ2) is 8.47. The number of sulfonamides is 1. The summed E-state index contributed by atoms with van der Waals surface area (Å²) in [5.41, 5.74) is 0. The minimum atomic E-state index is -3.54. The molecule has 1 aliphatic carbocycles. The fourth-order valence-electron chi connectivity index (χ4n) is 3.59. The SMILES string of the molecule is COC1CCCC(Nc2ccc(S(=O)(=O)N(C(C)C)C(C)C)cn2)C1. The number of rotatable bonds is 7. The average Bonchev–Trinajstić information content (AvgIpc) is 2.54. The van der Waals surface area contributed by atoms with Gasteiger partial charge in [0, 0.05) is 31.4 Å². The van der Waals surface area contributed by atoms with Crippen molar-refractivity contribution in [2.45, 2.75) is 82.5 Å². The number of nitrogens with zero attached hydrogens (tertiary/aromatic N) is 2. The number of anilines is 1. The predicted octanol–water partition coefficient (Wildman–Crippen LogP) is 3.26. The molecule has 1 aromatic heterocycles. The van der Waals surface area contributed by atoms with Gasteiger partial charge in [-0.15, -0.1) is 0 Å². The lowest BCUT2D eigenvalue weighted by molar-refractivity contribution is 0.0669. The number of pyridine rings is 1. The third kappa shape index (κ3) is 4.92. The zero-order valence-electron chi connectivity index (χ0n) is 15.9. The molecule has 0 amide bonds. The molecule has 2 unspecified atom stereocenters. The molecule has 7 heteroatoms. The first kappa shape index (κ1) is 20.1. The average molecular weight is 370 g/mol. The predicted molar refractivity (Wildman–Crippen MR) is 100 cm³/mol. The van der Waals surface area contributed by atoms with Gasteiger partial charge in [0.25, 0.3) is 0 Å². The van der Waals surface area contributed by atoms with Crippen molar-refractivity contribution < 1.29 is 13.2 Å². The molecule has 142 valence electrons. The Kier molecular flexibility index (Phi) is 6.82. The second-order valence-corrected chi connectivity index (χ2v) is 9.11. The van der Waals surface area contributed by atoms with E-state index in [2.05, 4.69) is 10.3 Å². The maximum atomic E-state index is 12.8. The largest absolute Gasteiger partial charge is 0.381 e. The van der Waals surface area contributed by atoms with Crippen LogP contribution in [0.15, 0.2) is 23.2 Å². The van der Waals surface area contributed by atoms with Gasteiger partial charge in [-0.1, -0.05) is 0 Å². The first-order valence-electron chi connectivity index (χ1n) is 9.04. The van der Waals surface area contributed by atoms with Crippen molar-refractivity contribution in [3.05, 3.63) is 18.3 Å². The van der Waals surface area contributed by atoms with E-state index in [9.17, 15) is 8.42 Å². The highest BCUT2D eigenvalue weighted by Gasteiger charge is 2.29. The van der Waals surface area contributed by atoms with Crippen molar-refractivity contribution in [2.24, 2.45) is 0 Å². The number of aromatic nitrogens is 1. The Hall–Kier alpha value is -1.18. The molecule has 1 saturated carbocycles. The van der Waals surface area contributed by atoms with E-state index in [4.69, 9.17) is 4.74 Å². The van der Waals surface area contributed by atoms with Crippen LogP contribution in [-0.2, 0) is 14.8 Å². The molecule has 2 rings (SSSR count). The smallest absolute Gasteiger partial charge is 0.245 e. The van der Waals surface area contributed by atoms with Gasteiger partial charge in [-0.25, -0.2) is 13.4 Å². The molecule has 0 aliphatic heterocycles. The summed E-state index contributed by atoms with van der Waals surface area (Å²) in [5, 5.41) is 3.40. The maximum Gasteiger partial charge on any atom is 0.245 e. The molecule has 1 N–H and O–H groups in total.